The molecule has 0 aliphatic carbocycles. The minimum atomic E-state index is 0.179. The Kier molecular flexibility index (Phi) is 11.3. The van der Waals surface area contributed by atoms with Gasteiger partial charge >= 0.3 is 0 Å². The van der Waals surface area contributed by atoms with E-state index in [1.807, 2.05) is 6.92 Å². The van der Waals surface area contributed by atoms with Crippen LogP contribution in [0.25, 0.3) is 0 Å². The Morgan fingerprint density at radius 3 is 2.47 bits per heavy atom. The summed E-state index contributed by atoms with van der Waals surface area (Å²) in [6, 6.07) is 0. The van der Waals surface area contributed by atoms with Gasteiger partial charge in [0.05, 0.1) is 13.2 Å². The molecule has 0 N–H and O–H groups in total. The van der Waals surface area contributed by atoms with Crippen LogP contribution in [-0.2, 0) is 19.0 Å². The predicted molar refractivity (Wildman–Crippen MR) is 58.0 cm³/mol. The normalized spacial score (nSPS) is 10.5. The molecular weight excluding hydrogens is 196 g/mol. The van der Waals surface area contributed by atoms with Crippen LogP contribution in [-0.4, -0.2) is 45.9 Å². The summed E-state index contributed by atoms with van der Waals surface area (Å²) in [5.41, 5.74) is 0. The summed E-state index contributed by atoms with van der Waals surface area (Å²) in [4.78, 5) is 11.0. The fraction of sp³-hybridized carbons (Fsp3) is 0.909. The molecule has 0 fully saturated rings. The number of ketones is 1. The summed E-state index contributed by atoms with van der Waals surface area (Å²) in [5, 5.41) is 0. The Bertz CT molecular complexity index is 148. The van der Waals surface area contributed by atoms with Crippen molar-refractivity contribution in [3.8, 4) is 0 Å². The monoisotopic (exact) mass is 218 g/mol. The van der Waals surface area contributed by atoms with Crippen molar-refractivity contribution in [3.05, 3.63) is 0 Å². The number of methoxy groups -OCH3 is 1. The van der Waals surface area contributed by atoms with Crippen molar-refractivity contribution in [1.29, 1.82) is 0 Å². The third kappa shape index (κ3) is 11.5. The van der Waals surface area contributed by atoms with Crippen LogP contribution in [0.3, 0.4) is 0 Å². The van der Waals surface area contributed by atoms with Gasteiger partial charge in [-0.15, -0.1) is 0 Å². The molecule has 0 saturated heterocycles. The summed E-state index contributed by atoms with van der Waals surface area (Å²) in [6.07, 6.45) is 2.33. The van der Waals surface area contributed by atoms with Crippen LogP contribution in [0.5, 0.6) is 0 Å². The van der Waals surface area contributed by atoms with E-state index >= 15 is 0 Å². The Morgan fingerprint density at radius 1 is 1.07 bits per heavy atom. The number of Topliss-reactive ketones (excluding diaryl/α,β-unsaturated/α-hetero) is 1. The van der Waals surface area contributed by atoms with Crippen molar-refractivity contribution >= 4 is 5.78 Å². The molecule has 0 unspecified atom stereocenters. The molecule has 0 aromatic carbocycles. The average Bonchev–Trinajstić information content (AvgIpc) is 2.22. The molecule has 0 rings (SSSR count). The van der Waals surface area contributed by atoms with Crippen LogP contribution in [0, 0.1) is 0 Å². The zero-order valence-corrected chi connectivity index (χ0v) is 9.79. The highest BCUT2D eigenvalue weighted by atomic mass is 16.5. The molecule has 4 nitrogen and oxygen atoms in total. The van der Waals surface area contributed by atoms with Gasteiger partial charge in [0, 0.05) is 26.7 Å². The topological polar surface area (TPSA) is 44.8 Å². The Labute approximate surface area is 91.9 Å². The fourth-order valence-corrected chi connectivity index (χ4v) is 1.04. The van der Waals surface area contributed by atoms with Crippen LogP contribution in [0.15, 0.2) is 0 Å². The van der Waals surface area contributed by atoms with Gasteiger partial charge in [-0.1, -0.05) is 6.92 Å². The highest BCUT2D eigenvalue weighted by Gasteiger charge is 1.99. The Balaban J connectivity index is 3.01. The lowest BCUT2D eigenvalue weighted by Gasteiger charge is -2.04. The largest absolute Gasteiger partial charge is 0.382 e. The first-order chi connectivity index (χ1) is 7.31. The van der Waals surface area contributed by atoms with Gasteiger partial charge in [0.15, 0.2) is 5.78 Å². The van der Waals surface area contributed by atoms with Crippen molar-refractivity contribution in [2.45, 2.75) is 26.2 Å². The number of carbonyl (C=O) groups is 1. The maximum Gasteiger partial charge on any atom is 0.158 e. The number of ether oxygens (including phenoxy) is 3. The van der Waals surface area contributed by atoms with E-state index in [9.17, 15) is 4.79 Å². The standard InChI is InChI=1S/C11H22O4/c1-3-5-11(12)10-15-7-4-6-14-9-8-13-2/h3-10H2,1-2H3. The Morgan fingerprint density at radius 2 is 1.80 bits per heavy atom. The van der Waals surface area contributed by atoms with E-state index in [4.69, 9.17) is 14.2 Å². The molecule has 0 bridgehead atoms. The van der Waals surface area contributed by atoms with Gasteiger partial charge in [-0.25, -0.2) is 0 Å². The molecule has 90 valence electrons. The molecule has 0 radical (unpaired) electrons. The SMILES string of the molecule is CCCC(=O)COCCCOCCOC. The second-order valence-corrected chi connectivity index (χ2v) is 3.30. The van der Waals surface area contributed by atoms with Gasteiger partial charge in [0.1, 0.15) is 6.61 Å². The third-order valence-corrected chi connectivity index (χ3v) is 1.80. The first kappa shape index (κ1) is 14.6. The number of rotatable bonds is 11. The van der Waals surface area contributed by atoms with E-state index in [1.54, 1.807) is 7.11 Å². The first-order valence-electron chi connectivity index (χ1n) is 5.47. The molecule has 15 heavy (non-hydrogen) atoms. The smallest absolute Gasteiger partial charge is 0.158 e. The van der Waals surface area contributed by atoms with E-state index in [-0.39, 0.29) is 12.4 Å². The second-order valence-electron chi connectivity index (χ2n) is 3.30. The third-order valence-electron chi connectivity index (χ3n) is 1.80. The van der Waals surface area contributed by atoms with Crippen LogP contribution < -0.4 is 0 Å². The quantitative estimate of drug-likeness (QED) is 0.492. The van der Waals surface area contributed by atoms with Crippen LogP contribution >= 0.6 is 0 Å². The minimum absolute atomic E-state index is 0.179. The van der Waals surface area contributed by atoms with Crippen LogP contribution in [0.1, 0.15) is 26.2 Å². The summed E-state index contributed by atoms with van der Waals surface area (Å²) in [5.74, 6) is 0.179. The van der Waals surface area contributed by atoms with Gasteiger partial charge in [-0.3, -0.25) is 4.79 Å². The van der Waals surface area contributed by atoms with Crippen molar-refractivity contribution in [2.24, 2.45) is 0 Å². The lowest BCUT2D eigenvalue weighted by atomic mass is 10.2. The number of hydrogen-bond acceptors (Lipinski definition) is 4. The zero-order valence-electron chi connectivity index (χ0n) is 9.79. The lowest BCUT2D eigenvalue weighted by molar-refractivity contribution is -0.123. The molecule has 0 amide bonds. The first-order valence-corrected chi connectivity index (χ1v) is 5.47. The molecule has 0 atom stereocenters. The Hall–Kier alpha value is -0.450. The molecule has 0 heterocycles. The molecular formula is C11H22O4. The maximum atomic E-state index is 11.0. The maximum absolute atomic E-state index is 11.0. The van der Waals surface area contributed by atoms with E-state index in [0.717, 1.165) is 12.8 Å². The van der Waals surface area contributed by atoms with E-state index in [1.165, 1.54) is 0 Å². The summed E-state index contributed by atoms with van der Waals surface area (Å²) < 4.78 is 15.3. The van der Waals surface area contributed by atoms with E-state index in [0.29, 0.717) is 32.8 Å². The van der Waals surface area contributed by atoms with Gasteiger partial charge in [-0.05, 0) is 12.8 Å². The molecule has 0 aromatic heterocycles. The van der Waals surface area contributed by atoms with E-state index < -0.39 is 0 Å². The molecule has 0 saturated carbocycles. The molecule has 4 heteroatoms. The van der Waals surface area contributed by atoms with Crippen molar-refractivity contribution in [2.75, 3.05) is 40.1 Å². The predicted octanol–water partition coefficient (Wildman–Crippen LogP) is 1.43. The lowest BCUT2D eigenvalue weighted by Crippen LogP contribution is -2.10. The molecule has 0 spiro atoms. The summed E-state index contributed by atoms with van der Waals surface area (Å²) >= 11 is 0. The number of hydrogen-bond donors (Lipinski definition) is 0. The highest BCUT2D eigenvalue weighted by molar-refractivity contribution is 5.79. The summed E-state index contributed by atoms with van der Waals surface area (Å²) in [7, 11) is 1.64. The molecule has 0 aliphatic heterocycles. The van der Waals surface area contributed by atoms with Crippen molar-refractivity contribution in [1.82, 2.24) is 0 Å². The van der Waals surface area contributed by atoms with Gasteiger partial charge in [-0.2, -0.15) is 0 Å². The van der Waals surface area contributed by atoms with Crippen LogP contribution in [0.4, 0.5) is 0 Å². The molecule has 0 aromatic rings. The van der Waals surface area contributed by atoms with Gasteiger partial charge in [0.2, 0.25) is 0 Å². The van der Waals surface area contributed by atoms with Gasteiger partial charge < -0.3 is 14.2 Å². The van der Waals surface area contributed by atoms with E-state index in [2.05, 4.69) is 0 Å². The second kappa shape index (κ2) is 11.6. The summed E-state index contributed by atoms with van der Waals surface area (Å²) in [6.45, 7) is 4.71. The van der Waals surface area contributed by atoms with Gasteiger partial charge in [0.25, 0.3) is 0 Å². The highest BCUT2D eigenvalue weighted by Crippen LogP contribution is 1.91. The van der Waals surface area contributed by atoms with Crippen molar-refractivity contribution < 1.29 is 19.0 Å². The van der Waals surface area contributed by atoms with Crippen LogP contribution in [0.2, 0.25) is 0 Å². The molecule has 0 aliphatic rings. The van der Waals surface area contributed by atoms with Crippen molar-refractivity contribution in [3.63, 3.8) is 0 Å². The fourth-order valence-electron chi connectivity index (χ4n) is 1.04. The minimum Gasteiger partial charge on any atom is -0.382 e. The average molecular weight is 218 g/mol. The number of carbonyl (C=O) groups excluding carboxylic acids is 1. The zero-order chi connectivity index (χ0) is 11.4.